The normalized spacial score (nSPS) is 25.0. The molecule has 4 nitrogen and oxygen atoms in total. The first kappa shape index (κ1) is 13.4. The van der Waals surface area contributed by atoms with Gasteiger partial charge in [-0.3, -0.25) is 4.21 Å². The summed E-state index contributed by atoms with van der Waals surface area (Å²) in [4.78, 5) is 0. The van der Waals surface area contributed by atoms with E-state index < -0.39 is 10.8 Å². The quantitative estimate of drug-likeness (QED) is 0.845. The minimum atomic E-state index is -0.941. The molecule has 1 aliphatic heterocycles. The maximum Gasteiger partial charge on any atom is 0.125 e. The third-order valence-corrected chi connectivity index (χ3v) is 5.14. The topological polar surface area (TPSA) is 61.5 Å². The van der Waals surface area contributed by atoms with Gasteiger partial charge in [0.1, 0.15) is 5.75 Å². The van der Waals surface area contributed by atoms with Crippen molar-refractivity contribution >= 4 is 16.5 Å². The van der Waals surface area contributed by atoms with Gasteiger partial charge in [-0.15, -0.1) is 0 Å². The molecule has 2 N–H and O–H groups in total. The van der Waals surface area contributed by atoms with Crippen LogP contribution in [0.15, 0.2) is 18.2 Å². The molecule has 1 heterocycles. The van der Waals surface area contributed by atoms with Gasteiger partial charge in [0.2, 0.25) is 0 Å². The summed E-state index contributed by atoms with van der Waals surface area (Å²) in [6.07, 6.45) is 0.941. The van der Waals surface area contributed by atoms with Crippen LogP contribution in [-0.4, -0.2) is 29.3 Å². The number of methoxy groups -OCH3 is 1. The fourth-order valence-corrected chi connectivity index (χ4v) is 3.82. The average Bonchev–Trinajstić information content (AvgIpc) is 2.77. The summed E-state index contributed by atoms with van der Waals surface area (Å²) in [5.74, 6) is 1.19. The van der Waals surface area contributed by atoms with Crippen molar-refractivity contribution in [3.63, 3.8) is 0 Å². The smallest absolute Gasteiger partial charge is 0.125 e. The van der Waals surface area contributed by atoms with Gasteiger partial charge in [-0.1, -0.05) is 6.07 Å². The molecule has 1 saturated heterocycles. The lowest BCUT2D eigenvalue weighted by Gasteiger charge is -2.15. The van der Waals surface area contributed by atoms with E-state index in [1.54, 1.807) is 13.2 Å². The van der Waals surface area contributed by atoms with Crippen molar-refractivity contribution in [2.24, 2.45) is 0 Å². The average molecular weight is 269 g/mol. The molecule has 0 aliphatic carbocycles. The molecule has 5 heteroatoms. The fraction of sp³-hybridized carbons (Fsp3) is 0.538. The molecule has 1 aliphatic rings. The molecule has 2 rings (SSSR count). The van der Waals surface area contributed by atoms with Crippen molar-refractivity contribution in [1.82, 2.24) is 0 Å². The Bertz CT molecular complexity index is 450. The van der Waals surface area contributed by atoms with Crippen molar-refractivity contribution in [1.29, 1.82) is 0 Å². The summed E-state index contributed by atoms with van der Waals surface area (Å²) >= 11 is 0. The predicted octanol–water partition coefficient (Wildman–Crippen LogP) is 1.70. The molecule has 0 aromatic heterocycles. The van der Waals surface area contributed by atoms with Crippen LogP contribution in [0.3, 0.4) is 0 Å². The van der Waals surface area contributed by atoms with Crippen LogP contribution in [0.5, 0.6) is 5.75 Å². The first-order chi connectivity index (χ1) is 8.61. The molecule has 0 saturated carbocycles. The van der Waals surface area contributed by atoms with Crippen molar-refractivity contribution in [3.8, 4) is 5.75 Å². The summed E-state index contributed by atoms with van der Waals surface area (Å²) in [6, 6.07) is 5.46. The van der Waals surface area contributed by atoms with Crippen LogP contribution >= 0.6 is 0 Å². The fourth-order valence-electron chi connectivity index (χ4n) is 2.20. The monoisotopic (exact) mass is 269 g/mol. The molecule has 0 bridgehead atoms. The van der Waals surface area contributed by atoms with Gasteiger partial charge in [-0.2, -0.15) is 0 Å². The van der Waals surface area contributed by atoms with Crippen molar-refractivity contribution in [3.05, 3.63) is 23.8 Å². The molecule has 1 aromatic rings. The molecule has 3 atom stereocenters. The van der Waals surface area contributed by atoms with Crippen LogP contribution in [0.2, 0.25) is 0 Å². The molecule has 18 heavy (non-hydrogen) atoms. The van der Waals surface area contributed by atoms with Crippen LogP contribution in [-0.2, 0) is 21.3 Å². The van der Waals surface area contributed by atoms with E-state index >= 15 is 0 Å². The van der Waals surface area contributed by atoms with E-state index in [4.69, 9.17) is 15.2 Å². The Morgan fingerprint density at radius 2 is 2.33 bits per heavy atom. The second-order valence-electron chi connectivity index (χ2n) is 4.50. The van der Waals surface area contributed by atoms with Crippen LogP contribution in [0.25, 0.3) is 0 Å². The minimum Gasteiger partial charge on any atom is -0.496 e. The van der Waals surface area contributed by atoms with E-state index in [9.17, 15) is 4.21 Å². The molecular weight excluding hydrogens is 250 g/mol. The second kappa shape index (κ2) is 5.71. The number of benzene rings is 1. The van der Waals surface area contributed by atoms with Crippen molar-refractivity contribution in [2.45, 2.75) is 30.5 Å². The zero-order valence-electron chi connectivity index (χ0n) is 10.7. The molecule has 100 valence electrons. The molecular formula is C13H19NO3S. The van der Waals surface area contributed by atoms with Crippen molar-refractivity contribution in [2.75, 3.05) is 19.5 Å². The van der Waals surface area contributed by atoms with Crippen LogP contribution in [0.4, 0.5) is 5.69 Å². The molecule has 3 unspecified atom stereocenters. The van der Waals surface area contributed by atoms with Crippen LogP contribution in [0, 0.1) is 0 Å². The SMILES string of the molecule is COc1cc(N)ccc1CS(=O)C1CCOC1C. The number of rotatable bonds is 4. The highest BCUT2D eigenvalue weighted by Gasteiger charge is 2.29. The Kier molecular flexibility index (Phi) is 4.24. The van der Waals surface area contributed by atoms with Gasteiger partial charge in [-0.05, 0) is 19.4 Å². The highest BCUT2D eigenvalue weighted by atomic mass is 32.2. The lowest BCUT2D eigenvalue weighted by Crippen LogP contribution is -2.24. The Hall–Kier alpha value is -1.07. The first-order valence-corrected chi connectivity index (χ1v) is 7.41. The van der Waals surface area contributed by atoms with Gasteiger partial charge in [0, 0.05) is 34.7 Å². The van der Waals surface area contributed by atoms with Crippen molar-refractivity contribution < 1.29 is 13.7 Å². The van der Waals surface area contributed by atoms with E-state index in [1.165, 1.54) is 0 Å². The van der Waals surface area contributed by atoms with E-state index in [1.807, 2.05) is 19.1 Å². The maximum atomic E-state index is 12.3. The molecule has 1 fully saturated rings. The minimum absolute atomic E-state index is 0.0746. The van der Waals surface area contributed by atoms with E-state index in [2.05, 4.69) is 0 Å². The Morgan fingerprint density at radius 1 is 1.56 bits per heavy atom. The number of ether oxygens (including phenoxy) is 2. The van der Waals surface area contributed by atoms with E-state index in [0.29, 0.717) is 23.8 Å². The largest absolute Gasteiger partial charge is 0.496 e. The molecule has 0 radical (unpaired) electrons. The third-order valence-electron chi connectivity index (χ3n) is 3.25. The maximum absolute atomic E-state index is 12.3. The summed E-state index contributed by atoms with van der Waals surface area (Å²) in [5, 5.41) is 0.118. The Morgan fingerprint density at radius 3 is 2.94 bits per heavy atom. The zero-order valence-corrected chi connectivity index (χ0v) is 11.5. The van der Waals surface area contributed by atoms with Gasteiger partial charge in [0.25, 0.3) is 0 Å². The Labute approximate surface area is 110 Å². The van der Waals surface area contributed by atoms with Gasteiger partial charge in [-0.25, -0.2) is 0 Å². The first-order valence-electron chi connectivity index (χ1n) is 6.03. The number of nitrogen functional groups attached to an aromatic ring is 1. The van der Waals surface area contributed by atoms with E-state index in [0.717, 1.165) is 12.0 Å². The van der Waals surface area contributed by atoms with Gasteiger partial charge < -0.3 is 15.2 Å². The highest BCUT2D eigenvalue weighted by Crippen LogP contribution is 2.26. The highest BCUT2D eigenvalue weighted by molar-refractivity contribution is 7.84. The number of hydrogen-bond donors (Lipinski definition) is 1. The predicted molar refractivity (Wildman–Crippen MR) is 73.1 cm³/mol. The molecule has 0 spiro atoms. The summed E-state index contributed by atoms with van der Waals surface area (Å²) < 4.78 is 23.0. The standard InChI is InChI=1S/C13H19NO3S/c1-9-13(5-6-17-9)18(15)8-10-3-4-11(14)7-12(10)16-2/h3-4,7,9,13H,5-6,8,14H2,1-2H3. The van der Waals surface area contributed by atoms with Gasteiger partial charge in [0.05, 0.1) is 24.2 Å². The Balaban J connectivity index is 2.11. The van der Waals surface area contributed by atoms with Crippen LogP contribution in [0.1, 0.15) is 18.9 Å². The summed E-state index contributed by atoms with van der Waals surface area (Å²) in [5.41, 5.74) is 7.29. The number of nitrogens with two attached hydrogens (primary N) is 1. The lowest BCUT2D eigenvalue weighted by atomic mass is 10.2. The summed E-state index contributed by atoms with van der Waals surface area (Å²) in [6.45, 7) is 2.69. The molecule has 0 amide bonds. The van der Waals surface area contributed by atoms with Crippen LogP contribution < -0.4 is 10.5 Å². The lowest BCUT2D eigenvalue weighted by molar-refractivity contribution is 0.127. The number of hydrogen-bond acceptors (Lipinski definition) is 4. The number of anilines is 1. The van der Waals surface area contributed by atoms with E-state index in [-0.39, 0.29) is 11.4 Å². The zero-order chi connectivity index (χ0) is 13.1. The molecule has 1 aromatic carbocycles. The summed E-state index contributed by atoms with van der Waals surface area (Å²) in [7, 11) is 0.659. The van der Waals surface area contributed by atoms with Gasteiger partial charge in [0.15, 0.2) is 0 Å². The second-order valence-corrected chi connectivity index (χ2v) is 6.16. The van der Waals surface area contributed by atoms with Gasteiger partial charge >= 0.3 is 0 Å². The third kappa shape index (κ3) is 2.84.